The quantitative estimate of drug-likeness (QED) is 0.494. The van der Waals surface area contributed by atoms with E-state index in [-0.39, 0.29) is 5.41 Å². The third-order valence-electron chi connectivity index (χ3n) is 5.49. The summed E-state index contributed by atoms with van der Waals surface area (Å²) < 4.78 is 5.93. The van der Waals surface area contributed by atoms with E-state index in [9.17, 15) is 5.11 Å². The molecule has 2 nitrogen and oxygen atoms in total. The number of aliphatic hydroxyl groups is 1. The van der Waals surface area contributed by atoms with Crippen molar-refractivity contribution in [3.8, 4) is 11.5 Å². The maximum absolute atomic E-state index is 11.2. The van der Waals surface area contributed by atoms with E-state index in [0.717, 1.165) is 41.3 Å². The van der Waals surface area contributed by atoms with Crippen molar-refractivity contribution in [3.63, 3.8) is 0 Å². The highest BCUT2D eigenvalue weighted by atomic mass is 35.5. The number of benzene rings is 3. The monoisotopic (exact) mass is 392 g/mol. The van der Waals surface area contributed by atoms with Crippen molar-refractivity contribution >= 4 is 11.6 Å². The Kier molecular flexibility index (Phi) is 5.18. The van der Waals surface area contributed by atoms with Crippen LogP contribution < -0.4 is 4.74 Å². The van der Waals surface area contributed by atoms with Gasteiger partial charge in [0.15, 0.2) is 0 Å². The molecule has 1 atom stereocenters. The molecule has 0 heterocycles. The topological polar surface area (TPSA) is 29.5 Å². The normalized spacial score (nSPS) is 17.0. The lowest BCUT2D eigenvalue weighted by Gasteiger charge is -2.29. The van der Waals surface area contributed by atoms with Gasteiger partial charge in [-0.25, -0.2) is 0 Å². The van der Waals surface area contributed by atoms with Gasteiger partial charge in [0, 0.05) is 11.4 Å². The highest BCUT2D eigenvalue weighted by Crippen LogP contribution is 2.53. The van der Waals surface area contributed by atoms with Crippen LogP contribution in [0.15, 0.2) is 78.9 Å². The standard InChI is InChI=1S/C25H25ClO2/c1-24(27,18-25(14-15-25)20-10-12-21(26)13-11-20)17-19-6-5-9-23(16-19)28-22-7-3-2-4-8-22/h2-13,16,27H,14-15,17-18H2,1H3. The summed E-state index contributed by atoms with van der Waals surface area (Å²) in [5, 5.41) is 11.9. The molecule has 3 aromatic carbocycles. The molecule has 0 saturated heterocycles. The molecular formula is C25H25ClO2. The maximum Gasteiger partial charge on any atom is 0.127 e. The van der Waals surface area contributed by atoms with Crippen molar-refractivity contribution in [2.24, 2.45) is 0 Å². The lowest BCUT2D eigenvalue weighted by molar-refractivity contribution is 0.0404. The van der Waals surface area contributed by atoms with E-state index in [0.29, 0.717) is 6.42 Å². The van der Waals surface area contributed by atoms with Crippen LogP contribution in [0.3, 0.4) is 0 Å². The predicted octanol–water partition coefficient (Wildman–Crippen LogP) is 6.55. The van der Waals surface area contributed by atoms with E-state index in [2.05, 4.69) is 12.1 Å². The fourth-order valence-corrected chi connectivity index (χ4v) is 4.22. The summed E-state index contributed by atoms with van der Waals surface area (Å²) in [6, 6.07) is 25.8. The summed E-state index contributed by atoms with van der Waals surface area (Å²) >= 11 is 6.03. The minimum absolute atomic E-state index is 0.0756. The van der Waals surface area contributed by atoms with Gasteiger partial charge < -0.3 is 9.84 Å². The Morgan fingerprint density at radius 3 is 2.29 bits per heavy atom. The van der Waals surface area contributed by atoms with Crippen molar-refractivity contribution < 1.29 is 9.84 Å². The van der Waals surface area contributed by atoms with Gasteiger partial charge in [-0.3, -0.25) is 0 Å². The third kappa shape index (κ3) is 4.57. The van der Waals surface area contributed by atoms with Crippen LogP contribution in [-0.4, -0.2) is 10.7 Å². The molecule has 0 aliphatic heterocycles. The molecule has 1 N–H and O–H groups in total. The van der Waals surface area contributed by atoms with Crippen LogP contribution in [-0.2, 0) is 11.8 Å². The van der Waals surface area contributed by atoms with Crippen LogP contribution in [0.4, 0.5) is 0 Å². The van der Waals surface area contributed by atoms with E-state index in [1.165, 1.54) is 5.56 Å². The minimum Gasteiger partial charge on any atom is -0.457 e. The molecule has 3 aromatic rings. The van der Waals surface area contributed by atoms with E-state index >= 15 is 0 Å². The molecule has 28 heavy (non-hydrogen) atoms. The van der Waals surface area contributed by atoms with E-state index in [1.807, 2.05) is 73.7 Å². The van der Waals surface area contributed by atoms with Gasteiger partial charge in [0.25, 0.3) is 0 Å². The average molecular weight is 393 g/mol. The number of para-hydroxylation sites is 1. The second-order valence-electron chi connectivity index (χ2n) is 8.20. The summed E-state index contributed by atoms with van der Waals surface area (Å²) in [6.07, 6.45) is 3.56. The second kappa shape index (κ2) is 7.62. The van der Waals surface area contributed by atoms with Gasteiger partial charge in [-0.2, -0.15) is 0 Å². The van der Waals surface area contributed by atoms with Gasteiger partial charge in [0.2, 0.25) is 0 Å². The molecule has 0 spiro atoms. The summed E-state index contributed by atoms with van der Waals surface area (Å²) in [4.78, 5) is 0. The number of halogens is 1. The first-order chi connectivity index (χ1) is 13.4. The number of ether oxygens (including phenoxy) is 1. The van der Waals surface area contributed by atoms with Gasteiger partial charge in [-0.05, 0) is 79.1 Å². The largest absolute Gasteiger partial charge is 0.457 e. The summed E-state index contributed by atoms with van der Waals surface area (Å²) in [5.41, 5.74) is 1.64. The van der Waals surface area contributed by atoms with Gasteiger partial charge in [0.1, 0.15) is 11.5 Å². The molecule has 3 heteroatoms. The Morgan fingerprint density at radius 1 is 0.929 bits per heavy atom. The first kappa shape index (κ1) is 19.0. The van der Waals surface area contributed by atoms with Gasteiger partial charge in [-0.1, -0.05) is 54.1 Å². The number of hydrogen-bond donors (Lipinski definition) is 1. The van der Waals surface area contributed by atoms with E-state index < -0.39 is 5.60 Å². The molecule has 1 fully saturated rings. The van der Waals surface area contributed by atoms with Crippen LogP contribution in [0.5, 0.6) is 11.5 Å². The molecular weight excluding hydrogens is 368 g/mol. The van der Waals surface area contributed by atoms with E-state index in [4.69, 9.17) is 16.3 Å². The molecule has 144 valence electrons. The third-order valence-corrected chi connectivity index (χ3v) is 5.74. The molecule has 1 aliphatic carbocycles. The zero-order valence-electron chi connectivity index (χ0n) is 16.1. The lowest BCUT2D eigenvalue weighted by Crippen LogP contribution is -2.32. The maximum atomic E-state index is 11.2. The van der Waals surface area contributed by atoms with Crippen molar-refractivity contribution in [2.45, 2.75) is 43.6 Å². The molecule has 1 aliphatic rings. The second-order valence-corrected chi connectivity index (χ2v) is 8.64. The molecule has 0 amide bonds. The molecule has 1 unspecified atom stereocenters. The summed E-state index contributed by atoms with van der Waals surface area (Å²) in [6.45, 7) is 1.94. The Balaban J connectivity index is 1.46. The molecule has 0 radical (unpaired) electrons. The van der Waals surface area contributed by atoms with Crippen LogP contribution in [0, 0.1) is 0 Å². The zero-order valence-corrected chi connectivity index (χ0v) is 16.8. The lowest BCUT2D eigenvalue weighted by atomic mass is 9.81. The Bertz CT molecular complexity index is 928. The minimum atomic E-state index is -0.790. The molecule has 4 rings (SSSR count). The van der Waals surface area contributed by atoms with Crippen molar-refractivity contribution in [3.05, 3.63) is 95.0 Å². The summed E-state index contributed by atoms with van der Waals surface area (Å²) in [5.74, 6) is 1.60. The van der Waals surface area contributed by atoms with Gasteiger partial charge in [-0.15, -0.1) is 0 Å². The van der Waals surface area contributed by atoms with Crippen molar-refractivity contribution in [1.82, 2.24) is 0 Å². The average Bonchev–Trinajstić information content (AvgIpc) is 3.42. The fourth-order valence-electron chi connectivity index (χ4n) is 4.10. The van der Waals surface area contributed by atoms with E-state index in [1.54, 1.807) is 0 Å². The first-order valence-electron chi connectivity index (χ1n) is 9.75. The Labute approximate surface area is 171 Å². The Hall–Kier alpha value is -2.29. The molecule has 0 aromatic heterocycles. The van der Waals surface area contributed by atoms with Crippen LogP contribution >= 0.6 is 11.6 Å². The van der Waals surface area contributed by atoms with Crippen LogP contribution in [0.1, 0.15) is 37.3 Å². The van der Waals surface area contributed by atoms with Gasteiger partial charge >= 0.3 is 0 Å². The van der Waals surface area contributed by atoms with Crippen LogP contribution in [0.25, 0.3) is 0 Å². The van der Waals surface area contributed by atoms with Crippen molar-refractivity contribution in [2.75, 3.05) is 0 Å². The van der Waals surface area contributed by atoms with Gasteiger partial charge in [0.05, 0.1) is 5.60 Å². The SMILES string of the molecule is CC(O)(Cc1cccc(Oc2ccccc2)c1)CC1(c2ccc(Cl)cc2)CC1. The highest BCUT2D eigenvalue weighted by molar-refractivity contribution is 6.30. The van der Waals surface area contributed by atoms with Crippen LogP contribution in [0.2, 0.25) is 5.02 Å². The summed E-state index contributed by atoms with van der Waals surface area (Å²) in [7, 11) is 0. The Morgan fingerprint density at radius 2 is 1.61 bits per heavy atom. The molecule has 0 bridgehead atoms. The predicted molar refractivity (Wildman–Crippen MR) is 114 cm³/mol. The first-order valence-corrected chi connectivity index (χ1v) is 10.1. The zero-order chi connectivity index (χ0) is 19.6. The highest BCUT2D eigenvalue weighted by Gasteiger charge is 2.48. The molecule has 1 saturated carbocycles. The smallest absolute Gasteiger partial charge is 0.127 e. The number of rotatable bonds is 7. The van der Waals surface area contributed by atoms with Crippen molar-refractivity contribution in [1.29, 1.82) is 0 Å². The fraction of sp³-hybridized carbons (Fsp3) is 0.280. The number of hydrogen-bond acceptors (Lipinski definition) is 2.